The molecule has 1 aliphatic rings. The number of aryl methyl sites for hydroxylation is 3. The predicted octanol–water partition coefficient (Wildman–Crippen LogP) is 4.14. The molecule has 1 saturated heterocycles. The molecule has 162 valence electrons. The Morgan fingerprint density at radius 2 is 1.70 bits per heavy atom. The van der Waals surface area contributed by atoms with E-state index in [1.807, 2.05) is 26.8 Å². The predicted molar refractivity (Wildman–Crippen MR) is 120 cm³/mol. The quantitative estimate of drug-likeness (QED) is 0.752. The van der Waals surface area contributed by atoms with Crippen molar-refractivity contribution in [2.45, 2.75) is 57.9 Å². The molecule has 3 rings (SSSR count). The van der Waals surface area contributed by atoms with Gasteiger partial charge in [0.15, 0.2) is 0 Å². The van der Waals surface area contributed by atoms with Gasteiger partial charge in [-0.05, 0) is 74.4 Å². The molecule has 5 nitrogen and oxygen atoms in total. The highest BCUT2D eigenvalue weighted by Crippen LogP contribution is 2.26. The van der Waals surface area contributed by atoms with E-state index in [-0.39, 0.29) is 17.9 Å². The molecule has 0 aliphatic carbocycles. The Hall–Kier alpha value is -2.18. The van der Waals surface area contributed by atoms with Gasteiger partial charge in [0, 0.05) is 19.0 Å². The molecule has 1 N–H and O–H groups in total. The van der Waals surface area contributed by atoms with Crippen molar-refractivity contribution in [3.05, 3.63) is 64.7 Å². The Kier molecular flexibility index (Phi) is 6.98. The summed E-state index contributed by atoms with van der Waals surface area (Å²) in [6, 6.07) is 13.5. The van der Waals surface area contributed by atoms with E-state index in [0.29, 0.717) is 30.8 Å². The van der Waals surface area contributed by atoms with Gasteiger partial charge in [-0.3, -0.25) is 4.79 Å². The minimum atomic E-state index is -3.52. The summed E-state index contributed by atoms with van der Waals surface area (Å²) < 4.78 is 27.4. The average molecular weight is 429 g/mol. The third-order valence-corrected chi connectivity index (χ3v) is 8.08. The van der Waals surface area contributed by atoms with Crippen LogP contribution in [0.1, 0.15) is 55.0 Å². The molecule has 0 saturated carbocycles. The number of sulfonamides is 1. The fraction of sp³-hybridized carbons (Fsp3) is 0.458. The Labute approximate surface area is 180 Å². The van der Waals surface area contributed by atoms with Crippen LogP contribution >= 0.6 is 0 Å². The summed E-state index contributed by atoms with van der Waals surface area (Å²) in [5.41, 5.74) is 4.39. The third-order valence-electron chi connectivity index (χ3n) is 6.19. The van der Waals surface area contributed by atoms with Crippen molar-refractivity contribution in [3.8, 4) is 0 Å². The molecule has 0 spiro atoms. The Balaban J connectivity index is 1.58. The normalized spacial score (nSPS) is 16.9. The Bertz CT molecular complexity index is 992. The number of carbonyl (C=O) groups excluding carboxylic acids is 1. The van der Waals surface area contributed by atoms with Crippen LogP contribution in [0.15, 0.2) is 47.4 Å². The van der Waals surface area contributed by atoms with E-state index in [9.17, 15) is 13.2 Å². The van der Waals surface area contributed by atoms with Crippen molar-refractivity contribution in [1.82, 2.24) is 9.62 Å². The highest BCUT2D eigenvalue weighted by atomic mass is 32.2. The van der Waals surface area contributed by atoms with Gasteiger partial charge >= 0.3 is 0 Å². The molecule has 30 heavy (non-hydrogen) atoms. The van der Waals surface area contributed by atoms with Crippen LogP contribution in [0.5, 0.6) is 0 Å². The summed E-state index contributed by atoms with van der Waals surface area (Å²) in [5, 5.41) is 3.10. The number of rotatable bonds is 6. The van der Waals surface area contributed by atoms with Gasteiger partial charge in [-0.2, -0.15) is 4.31 Å². The zero-order valence-electron chi connectivity index (χ0n) is 18.3. The molecule has 1 fully saturated rings. The van der Waals surface area contributed by atoms with Gasteiger partial charge in [0.25, 0.3) is 0 Å². The van der Waals surface area contributed by atoms with E-state index in [1.54, 1.807) is 12.1 Å². The van der Waals surface area contributed by atoms with Gasteiger partial charge in [-0.1, -0.05) is 37.3 Å². The van der Waals surface area contributed by atoms with Gasteiger partial charge in [-0.15, -0.1) is 0 Å². The number of hydrogen-bond acceptors (Lipinski definition) is 3. The maximum atomic E-state index is 13.0. The van der Waals surface area contributed by atoms with Crippen LogP contribution < -0.4 is 5.32 Å². The van der Waals surface area contributed by atoms with Crippen molar-refractivity contribution in [2.75, 3.05) is 13.1 Å². The molecule has 1 aliphatic heterocycles. The summed E-state index contributed by atoms with van der Waals surface area (Å²) in [6.07, 6.45) is 2.07. The number of nitrogens with zero attached hydrogens (tertiary/aromatic N) is 1. The standard InChI is InChI=1S/C24H32N2O3S/c1-5-20-7-9-21(10-8-20)19(4)25-24(27)22-12-14-26(15-13-22)30(28,29)23-11-6-17(2)18(3)16-23/h6-11,16,19,22H,5,12-15H2,1-4H3,(H,25,27). The van der Waals surface area contributed by atoms with Crippen LogP contribution in [0.4, 0.5) is 0 Å². The van der Waals surface area contributed by atoms with Crippen LogP contribution in [0, 0.1) is 19.8 Å². The summed E-state index contributed by atoms with van der Waals surface area (Å²) in [7, 11) is -3.52. The molecule has 1 heterocycles. The number of hydrogen-bond donors (Lipinski definition) is 1. The molecule has 0 aromatic heterocycles. The second-order valence-electron chi connectivity index (χ2n) is 8.25. The lowest BCUT2D eigenvalue weighted by Crippen LogP contribution is -2.43. The Morgan fingerprint density at radius 1 is 1.07 bits per heavy atom. The molecular formula is C24H32N2O3S. The van der Waals surface area contributed by atoms with Crippen molar-refractivity contribution >= 4 is 15.9 Å². The third kappa shape index (κ3) is 4.93. The zero-order chi connectivity index (χ0) is 21.9. The van der Waals surface area contributed by atoms with Crippen molar-refractivity contribution in [1.29, 1.82) is 0 Å². The minimum Gasteiger partial charge on any atom is -0.349 e. The smallest absolute Gasteiger partial charge is 0.243 e. The fourth-order valence-corrected chi connectivity index (χ4v) is 5.39. The van der Waals surface area contributed by atoms with E-state index < -0.39 is 10.0 Å². The number of amides is 1. The molecule has 1 amide bonds. The molecule has 2 aromatic carbocycles. The van der Waals surface area contributed by atoms with E-state index in [0.717, 1.165) is 23.1 Å². The van der Waals surface area contributed by atoms with Gasteiger partial charge in [0.05, 0.1) is 10.9 Å². The van der Waals surface area contributed by atoms with E-state index in [1.165, 1.54) is 9.87 Å². The summed E-state index contributed by atoms with van der Waals surface area (Å²) >= 11 is 0. The van der Waals surface area contributed by atoms with Crippen molar-refractivity contribution in [3.63, 3.8) is 0 Å². The first-order valence-electron chi connectivity index (χ1n) is 10.7. The summed E-state index contributed by atoms with van der Waals surface area (Å²) in [4.78, 5) is 13.1. The highest BCUT2D eigenvalue weighted by Gasteiger charge is 2.32. The largest absolute Gasteiger partial charge is 0.349 e. The van der Waals surface area contributed by atoms with E-state index >= 15 is 0 Å². The average Bonchev–Trinajstić information content (AvgIpc) is 2.75. The summed E-state index contributed by atoms with van der Waals surface area (Å²) in [5.74, 6) is -0.154. The highest BCUT2D eigenvalue weighted by molar-refractivity contribution is 7.89. The van der Waals surface area contributed by atoms with Crippen LogP contribution in [0.25, 0.3) is 0 Å². The minimum absolute atomic E-state index is 0.00490. The van der Waals surface area contributed by atoms with E-state index in [4.69, 9.17) is 0 Å². The van der Waals surface area contributed by atoms with Gasteiger partial charge in [-0.25, -0.2) is 8.42 Å². The van der Waals surface area contributed by atoms with Gasteiger partial charge < -0.3 is 5.32 Å². The van der Waals surface area contributed by atoms with Crippen LogP contribution in [0.3, 0.4) is 0 Å². The molecule has 6 heteroatoms. The first-order chi connectivity index (χ1) is 14.2. The molecule has 2 aromatic rings. The first kappa shape index (κ1) is 22.5. The maximum Gasteiger partial charge on any atom is 0.243 e. The molecule has 1 atom stereocenters. The number of carbonyl (C=O) groups is 1. The number of piperidine rings is 1. The van der Waals surface area contributed by atoms with Crippen molar-refractivity contribution in [2.24, 2.45) is 5.92 Å². The van der Waals surface area contributed by atoms with Crippen LogP contribution in [-0.4, -0.2) is 31.7 Å². The Morgan fingerprint density at radius 3 is 2.27 bits per heavy atom. The zero-order valence-corrected chi connectivity index (χ0v) is 19.1. The van der Waals surface area contributed by atoms with Crippen molar-refractivity contribution < 1.29 is 13.2 Å². The van der Waals surface area contributed by atoms with Gasteiger partial charge in [0.2, 0.25) is 15.9 Å². The van der Waals surface area contributed by atoms with Gasteiger partial charge in [0.1, 0.15) is 0 Å². The van der Waals surface area contributed by atoms with Crippen LogP contribution in [-0.2, 0) is 21.2 Å². The lowest BCUT2D eigenvalue weighted by Gasteiger charge is -2.31. The molecule has 0 bridgehead atoms. The molecule has 1 unspecified atom stereocenters. The number of benzene rings is 2. The lowest BCUT2D eigenvalue weighted by molar-refractivity contribution is -0.126. The summed E-state index contributed by atoms with van der Waals surface area (Å²) in [6.45, 7) is 8.72. The van der Waals surface area contributed by atoms with Crippen LogP contribution in [0.2, 0.25) is 0 Å². The topological polar surface area (TPSA) is 66.5 Å². The monoisotopic (exact) mass is 428 g/mol. The lowest BCUT2D eigenvalue weighted by atomic mass is 9.96. The number of nitrogens with one attached hydrogen (secondary N) is 1. The fourth-order valence-electron chi connectivity index (χ4n) is 3.84. The SMILES string of the molecule is CCc1ccc(C(C)NC(=O)C2CCN(S(=O)(=O)c3ccc(C)c(C)c3)CC2)cc1. The maximum absolute atomic E-state index is 13.0. The second-order valence-corrected chi connectivity index (χ2v) is 10.2. The molecular weight excluding hydrogens is 396 g/mol. The molecule has 0 radical (unpaired) electrons. The second kappa shape index (κ2) is 9.31. The first-order valence-corrected chi connectivity index (χ1v) is 12.1. The van der Waals surface area contributed by atoms with E-state index in [2.05, 4.69) is 36.5 Å².